The van der Waals surface area contributed by atoms with E-state index < -0.39 is 0 Å². The molecule has 1 aromatic heterocycles. The van der Waals surface area contributed by atoms with Crippen molar-refractivity contribution >= 4 is 11.0 Å². The monoisotopic (exact) mass is 271 g/mol. The van der Waals surface area contributed by atoms with Gasteiger partial charge in [0.15, 0.2) is 0 Å². The zero-order valence-electron chi connectivity index (χ0n) is 13.0. The highest BCUT2D eigenvalue weighted by atomic mass is 16.3. The lowest BCUT2D eigenvalue weighted by molar-refractivity contribution is 0.102. The molecular formula is C18H25NO. The Morgan fingerprint density at radius 3 is 2.55 bits per heavy atom. The number of hydrogen-bond donors (Lipinski definition) is 0. The van der Waals surface area contributed by atoms with E-state index in [9.17, 15) is 0 Å². The van der Waals surface area contributed by atoms with Crippen LogP contribution in [0, 0.1) is 0 Å². The molecule has 3 rings (SSSR count). The van der Waals surface area contributed by atoms with Crippen LogP contribution in [0.4, 0.5) is 0 Å². The van der Waals surface area contributed by atoms with Crippen LogP contribution >= 0.6 is 0 Å². The number of rotatable bonds is 3. The summed E-state index contributed by atoms with van der Waals surface area (Å²) < 4.78 is 5.56. The fourth-order valence-electron chi connectivity index (χ4n) is 3.89. The summed E-state index contributed by atoms with van der Waals surface area (Å²) >= 11 is 0. The third-order valence-corrected chi connectivity index (χ3v) is 4.59. The van der Waals surface area contributed by atoms with Crippen molar-refractivity contribution in [1.82, 2.24) is 4.90 Å². The summed E-state index contributed by atoms with van der Waals surface area (Å²) in [6, 6.07) is 8.52. The molecule has 2 nitrogen and oxygen atoms in total. The van der Waals surface area contributed by atoms with E-state index in [0.29, 0.717) is 18.1 Å². The first-order valence-corrected chi connectivity index (χ1v) is 7.82. The van der Waals surface area contributed by atoms with Crippen molar-refractivity contribution in [2.75, 3.05) is 0 Å². The Balaban J connectivity index is 1.90. The number of nitrogens with zero attached hydrogens (tertiary/aromatic N) is 1. The topological polar surface area (TPSA) is 16.4 Å². The first-order valence-electron chi connectivity index (χ1n) is 7.82. The number of furan rings is 1. The molecule has 0 N–H and O–H groups in total. The first-order chi connectivity index (χ1) is 9.56. The third kappa shape index (κ3) is 2.37. The van der Waals surface area contributed by atoms with Gasteiger partial charge in [0, 0.05) is 23.5 Å². The van der Waals surface area contributed by atoms with Crippen molar-refractivity contribution in [3.63, 3.8) is 0 Å². The molecule has 0 fully saturated rings. The molecule has 0 spiro atoms. The maximum Gasteiger partial charge on any atom is 0.134 e. The third-order valence-electron chi connectivity index (χ3n) is 4.59. The lowest BCUT2D eigenvalue weighted by atomic mass is 9.86. The van der Waals surface area contributed by atoms with Gasteiger partial charge in [0.2, 0.25) is 0 Å². The largest absolute Gasteiger partial charge is 0.464 e. The minimum absolute atomic E-state index is 0.605. The molecule has 0 radical (unpaired) electrons. The quantitative estimate of drug-likeness (QED) is 0.822. The van der Waals surface area contributed by atoms with Gasteiger partial charge in [0.05, 0.1) is 6.26 Å². The molecule has 0 aliphatic heterocycles. The Morgan fingerprint density at radius 1 is 1.10 bits per heavy atom. The fourth-order valence-corrected chi connectivity index (χ4v) is 3.89. The average molecular weight is 271 g/mol. The minimum atomic E-state index is 0.605. The normalized spacial score (nSPS) is 19.2. The van der Waals surface area contributed by atoms with Crippen LogP contribution < -0.4 is 0 Å². The van der Waals surface area contributed by atoms with Gasteiger partial charge in [-0.1, -0.05) is 0 Å². The maximum atomic E-state index is 5.56. The molecule has 2 aromatic rings. The summed E-state index contributed by atoms with van der Waals surface area (Å²) in [5, 5.41) is 1.24. The molecular weight excluding hydrogens is 246 g/mol. The zero-order chi connectivity index (χ0) is 14.3. The number of fused-ring (bicyclic) bond motifs is 2. The van der Waals surface area contributed by atoms with Crippen LogP contribution in [-0.2, 0) is 12.8 Å². The molecule has 1 aromatic carbocycles. The lowest BCUT2D eigenvalue weighted by Crippen LogP contribution is -2.47. The van der Waals surface area contributed by atoms with Gasteiger partial charge in [0.25, 0.3) is 0 Å². The summed E-state index contributed by atoms with van der Waals surface area (Å²) in [7, 11) is 0. The molecule has 0 bridgehead atoms. The Bertz CT molecular complexity index is 588. The van der Waals surface area contributed by atoms with Crippen LogP contribution in [0.2, 0.25) is 0 Å². The van der Waals surface area contributed by atoms with Crippen molar-refractivity contribution in [3.8, 4) is 0 Å². The molecule has 1 aliphatic rings. The molecule has 1 aliphatic carbocycles. The second-order valence-electron chi connectivity index (χ2n) is 6.61. The standard InChI is InChI=1S/C18H25NO/c1-12(2)19(13(3)4)17-6-5-14-9-15-7-8-20-18(15)11-16(14)10-17/h7-9,11-13,17H,5-6,10H2,1-4H3/t17-/m0/s1. The van der Waals surface area contributed by atoms with E-state index in [1.54, 1.807) is 6.26 Å². The van der Waals surface area contributed by atoms with Gasteiger partial charge in [-0.25, -0.2) is 0 Å². The number of hydrogen-bond acceptors (Lipinski definition) is 2. The fraction of sp³-hybridized carbons (Fsp3) is 0.556. The van der Waals surface area contributed by atoms with Crippen LogP contribution in [0.3, 0.4) is 0 Å². The summed E-state index contributed by atoms with van der Waals surface area (Å²) in [5.41, 5.74) is 4.03. The van der Waals surface area contributed by atoms with Gasteiger partial charge in [-0.15, -0.1) is 0 Å². The van der Waals surface area contributed by atoms with Gasteiger partial charge < -0.3 is 4.42 Å². The predicted molar refractivity (Wildman–Crippen MR) is 84.1 cm³/mol. The average Bonchev–Trinajstić information content (AvgIpc) is 2.82. The van der Waals surface area contributed by atoms with Crippen LogP contribution in [0.15, 0.2) is 28.9 Å². The summed E-state index contributed by atoms with van der Waals surface area (Å²) in [5.74, 6) is 0. The second-order valence-corrected chi connectivity index (χ2v) is 6.61. The van der Waals surface area contributed by atoms with E-state index in [0.717, 1.165) is 12.0 Å². The summed E-state index contributed by atoms with van der Waals surface area (Å²) in [6.45, 7) is 9.24. The highest BCUT2D eigenvalue weighted by molar-refractivity contribution is 5.79. The molecule has 0 unspecified atom stereocenters. The van der Waals surface area contributed by atoms with Crippen LogP contribution in [0.25, 0.3) is 11.0 Å². The van der Waals surface area contributed by atoms with Crippen molar-refractivity contribution < 1.29 is 4.42 Å². The van der Waals surface area contributed by atoms with Gasteiger partial charge in [-0.3, -0.25) is 4.90 Å². The van der Waals surface area contributed by atoms with Crippen LogP contribution in [0.1, 0.15) is 45.2 Å². The molecule has 2 heteroatoms. The number of benzene rings is 1. The Hall–Kier alpha value is -1.28. The zero-order valence-corrected chi connectivity index (χ0v) is 13.0. The van der Waals surface area contributed by atoms with Crippen molar-refractivity contribution in [2.24, 2.45) is 0 Å². The molecule has 20 heavy (non-hydrogen) atoms. The van der Waals surface area contributed by atoms with E-state index in [1.807, 2.05) is 0 Å². The van der Waals surface area contributed by atoms with Crippen molar-refractivity contribution in [2.45, 2.75) is 65.1 Å². The minimum Gasteiger partial charge on any atom is -0.464 e. The van der Waals surface area contributed by atoms with E-state index in [2.05, 4.69) is 50.8 Å². The van der Waals surface area contributed by atoms with Crippen LogP contribution in [0.5, 0.6) is 0 Å². The summed E-state index contributed by atoms with van der Waals surface area (Å²) in [6.07, 6.45) is 5.41. The molecule has 0 saturated carbocycles. The number of aryl methyl sites for hydroxylation is 1. The molecule has 108 valence electrons. The molecule has 1 heterocycles. The van der Waals surface area contributed by atoms with E-state index in [-0.39, 0.29) is 0 Å². The maximum absolute atomic E-state index is 5.56. The van der Waals surface area contributed by atoms with E-state index in [1.165, 1.54) is 29.4 Å². The van der Waals surface area contributed by atoms with Gasteiger partial charge in [-0.2, -0.15) is 0 Å². The summed E-state index contributed by atoms with van der Waals surface area (Å²) in [4.78, 5) is 2.66. The highest BCUT2D eigenvalue weighted by Gasteiger charge is 2.28. The highest BCUT2D eigenvalue weighted by Crippen LogP contribution is 2.30. The predicted octanol–water partition coefficient (Wildman–Crippen LogP) is 4.41. The van der Waals surface area contributed by atoms with E-state index in [4.69, 9.17) is 4.42 Å². The van der Waals surface area contributed by atoms with E-state index >= 15 is 0 Å². The van der Waals surface area contributed by atoms with Crippen molar-refractivity contribution in [3.05, 3.63) is 35.6 Å². The Labute approximate surface area is 121 Å². The molecule has 0 saturated heterocycles. The SMILES string of the molecule is CC(C)N(C(C)C)[C@H]1CCc2cc3ccoc3cc2C1. The van der Waals surface area contributed by atoms with Crippen molar-refractivity contribution in [1.29, 1.82) is 0 Å². The van der Waals surface area contributed by atoms with Gasteiger partial charge in [-0.05, 0) is 76.3 Å². The first kappa shape index (κ1) is 13.7. The second kappa shape index (κ2) is 5.25. The molecule has 1 atom stereocenters. The lowest BCUT2D eigenvalue weighted by Gasteiger charge is -2.40. The molecule has 0 amide bonds. The smallest absolute Gasteiger partial charge is 0.134 e. The van der Waals surface area contributed by atoms with Gasteiger partial charge >= 0.3 is 0 Å². The Morgan fingerprint density at radius 2 is 1.85 bits per heavy atom. The van der Waals surface area contributed by atoms with Crippen LogP contribution in [-0.4, -0.2) is 23.0 Å². The van der Waals surface area contributed by atoms with Gasteiger partial charge in [0.1, 0.15) is 5.58 Å². The Kier molecular flexibility index (Phi) is 3.59.